The van der Waals surface area contributed by atoms with Gasteiger partial charge in [-0.25, -0.2) is 8.42 Å². The van der Waals surface area contributed by atoms with Crippen LogP contribution in [-0.4, -0.2) is 56.3 Å². The molecule has 1 aliphatic rings. The first kappa shape index (κ1) is 15.8. The molecule has 116 valence electrons. The Kier molecular flexibility index (Phi) is 4.53. The van der Waals surface area contributed by atoms with Crippen LogP contribution in [0.5, 0.6) is 5.75 Å². The van der Waals surface area contributed by atoms with Crippen LogP contribution in [0, 0.1) is 0 Å². The van der Waals surface area contributed by atoms with Gasteiger partial charge in [-0.2, -0.15) is 4.31 Å². The van der Waals surface area contributed by atoms with Crippen LogP contribution >= 0.6 is 0 Å². The molecule has 0 N–H and O–H groups in total. The van der Waals surface area contributed by atoms with Gasteiger partial charge in [0, 0.05) is 20.1 Å². The Morgan fingerprint density at radius 3 is 2.43 bits per heavy atom. The molecule has 0 saturated carbocycles. The molecule has 1 aromatic rings. The summed E-state index contributed by atoms with van der Waals surface area (Å²) in [7, 11) is -1.99. The molecule has 1 aliphatic heterocycles. The summed E-state index contributed by atoms with van der Waals surface area (Å²) >= 11 is 0. The number of hydrogen-bond acceptors (Lipinski definition) is 4. The standard InChI is InChI=1S/C14H20N2O4S/c1-4-20-12-5-7-13(8-6-12)21(18,19)16-10-9-15(3)14(17)11(16)2/h5-8,11H,4,9-10H2,1-3H3. The second-order valence-electron chi connectivity index (χ2n) is 4.96. The fourth-order valence-corrected chi connectivity index (χ4v) is 3.91. The lowest BCUT2D eigenvalue weighted by atomic mass is 10.2. The van der Waals surface area contributed by atoms with Gasteiger partial charge in [-0.1, -0.05) is 0 Å². The second kappa shape index (κ2) is 6.03. The molecule has 1 aromatic carbocycles. The molecule has 6 nitrogen and oxygen atoms in total. The number of piperazine rings is 1. The molecular formula is C14H20N2O4S. The van der Waals surface area contributed by atoms with Crippen molar-refractivity contribution < 1.29 is 17.9 Å². The van der Waals surface area contributed by atoms with Gasteiger partial charge in [-0.05, 0) is 38.1 Å². The van der Waals surface area contributed by atoms with Crippen molar-refractivity contribution in [1.82, 2.24) is 9.21 Å². The molecule has 1 heterocycles. The summed E-state index contributed by atoms with van der Waals surface area (Å²) in [4.78, 5) is 13.7. The zero-order valence-electron chi connectivity index (χ0n) is 12.4. The minimum absolute atomic E-state index is 0.176. The van der Waals surface area contributed by atoms with Crippen LogP contribution in [-0.2, 0) is 14.8 Å². The molecule has 1 fully saturated rings. The van der Waals surface area contributed by atoms with Crippen molar-refractivity contribution in [3.05, 3.63) is 24.3 Å². The Morgan fingerprint density at radius 2 is 1.86 bits per heavy atom. The van der Waals surface area contributed by atoms with Gasteiger partial charge in [0.1, 0.15) is 11.8 Å². The first-order chi connectivity index (χ1) is 9.87. The molecule has 1 saturated heterocycles. The molecule has 2 rings (SSSR count). The molecule has 1 amide bonds. The summed E-state index contributed by atoms with van der Waals surface area (Å²) in [5.74, 6) is 0.440. The number of amides is 1. The average Bonchev–Trinajstić information content (AvgIpc) is 2.45. The van der Waals surface area contributed by atoms with Gasteiger partial charge in [0.15, 0.2) is 0 Å². The molecule has 0 radical (unpaired) electrons. The Hall–Kier alpha value is -1.60. The third-order valence-electron chi connectivity index (χ3n) is 3.56. The summed E-state index contributed by atoms with van der Waals surface area (Å²) < 4.78 is 31.8. The van der Waals surface area contributed by atoms with Crippen LogP contribution in [0.1, 0.15) is 13.8 Å². The maximum Gasteiger partial charge on any atom is 0.243 e. The van der Waals surface area contributed by atoms with E-state index in [1.165, 1.54) is 16.4 Å². The fraction of sp³-hybridized carbons (Fsp3) is 0.500. The quantitative estimate of drug-likeness (QED) is 0.830. The zero-order chi connectivity index (χ0) is 15.6. The van der Waals surface area contributed by atoms with Crippen LogP contribution in [0.2, 0.25) is 0 Å². The van der Waals surface area contributed by atoms with Crippen molar-refractivity contribution in [3.8, 4) is 5.75 Å². The van der Waals surface area contributed by atoms with Crippen LogP contribution in [0.15, 0.2) is 29.2 Å². The van der Waals surface area contributed by atoms with Crippen molar-refractivity contribution in [2.24, 2.45) is 0 Å². The predicted octanol–water partition coefficient (Wildman–Crippen LogP) is 0.936. The van der Waals surface area contributed by atoms with E-state index < -0.39 is 16.1 Å². The van der Waals surface area contributed by atoms with E-state index in [0.717, 1.165) is 0 Å². The first-order valence-corrected chi connectivity index (χ1v) is 8.31. The van der Waals surface area contributed by atoms with Gasteiger partial charge < -0.3 is 9.64 Å². The van der Waals surface area contributed by atoms with Crippen molar-refractivity contribution >= 4 is 15.9 Å². The van der Waals surface area contributed by atoms with E-state index in [1.54, 1.807) is 31.0 Å². The topological polar surface area (TPSA) is 66.9 Å². The number of likely N-dealkylation sites (N-methyl/N-ethyl adjacent to an activating group) is 1. The van der Waals surface area contributed by atoms with Crippen LogP contribution in [0.4, 0.5) is 0 Å². The molecule has 21 heavy (non-hydrogen) atoms. The molecule has 0 aromatic heterocycles. The maximum absolute atomic E-state index is 12.6. The summed E-state index contributed by atoms with van der Waals surface area (Å²) in [6, 6.07) is 5.59. The highest BCUT2D eigenvalue weighted by Crippen LogP contribution is 2.23. The van der Waals surface area contributed by atoms with Crippen molar-refractivity contribution in [2.45, 2.75) is 24.8 Å². The molecule has 1 atom stereocenters. The fourth-order valence-electron chi connectivity index (χ4n) is 2.33. The van der Waals surface area contributed by atoms with E-state index in [0.29, 0.717) is 25.4 Å². The van der Waals surface area contributed by atoms with E-state index in [2.05, 4.69) is 0 Å². The third kappa shape index (κ3) is 3.03. The van der Waals surface area contributed by atoms with Gasteiger partial charge in [0.2, 0.25) is 15.9 Å². The summed E-state index contributed by atoms with van der Waals surface area (Å²) in [6.07, 6.45) is 0. The lowest BCUT2D eigenvalue weighted by molar-refractivity contribution is -0.136. The molecular weight excluding hydrogens is 292 g/mol. The zero-order valence-corrected chi connectivity index (χ0v) is 13.3. The smallest absolute Gasteiger partial charge is 0.243 e. The minimum Gasteiger partial charge on any atom is -0.494 e. The van der Waals surface area contributed by atoms with Gasteiger partial charge in [0.05, 0.1) is 11.5 Å². The highest BCUT2D eigenvalue weighted by atomic mass is 32.2. The number of ether oxygens (including phenoxy) is 1. The first-order valence-electron chi connectivity index (χ1n) is 6.87. The summed E-state index contributed by atoms with van der Waals surface area (Å²) in [5.41, 5.74) is 0. The van der Waals surface area contributed by atoms with Crippen LogP contribution in [0.3, 0.4) is 0 Å². The van der Waals surface area contributed by atoms with Crippen molar-refractivity contribution in [2.75, 3.05) is 26.7 Å². The number of benzene rings is 1. The minimum atomic E-state index is -3.67. The largest absolute Gasteiger partial charge is 0.494 e. The van der Waals surface area contributed by atoms with E-state index in [1.807, 2.05) is 6.92 Å². The maximum atomic E-state index is 12.6. The van der Waals surface area contributed by atoms with E-state index in [-0.39, 0.29) is 10.8 Å². The third-order valence-corrected chi connectivity index (χ3v) is 5.55. The highest BCUT2D eigenvalue weighted by Gasteiger charge is 2.37. The van der Waals surface area contributed by atoms with Gasteiger partial charge in [0.25, 0.3) is 0 Å². The monoisotopic (exact) mass is 312 g/mol. The van der Waals surface area contributed by atoms with E-state index in [4.69, 9.17) is 4.74 Å². The molecule has 7 heteroatoms. The Labute approximate surface area is 125 Å². The van der Waals surface area contributed by atoms with Crippen LogP contribution in [0.25, 0.3) is 0 Å². The van der Waals surface area contributed by atoms with Gasteiger partial charge in [-0.15, -0.1) is 0 Å². The van der Waals surface area contributed by atoms with E-state index in [9.17, 15) is 13.2 Å². The predicted molar refractivity (Wildman–Crippen MR) is 78.6 cm³/mol. The summed E-state index contributed by atoms with van der Waals surface area (Å²) in [5, 5.41) is 0. The lowest BCUT2D eigenvalue weighted by Gasteiger charge is -2.36. The SMILES string of the molecule is CCOc1ccc(S(=O)(=O)N2CCN(C)C(=O)C2C)cc1. The number of sulfonamides is 1. The molecule has 0 aliphatic carbocycles. The number of rotatable bonds is 4. The van der Waals surface area contributed by atoms with Crippen molar-refractivity contribution in [3.63, 3.8) is 0 Å². The number of hydrogen-bond donors (Lipinski definition) is 0. The second-order valence-corrected chi connectivity index (χ2v) is 6.85. The lowest BCUT2D eigenvalue weighted by Crippen LogP contribution is -2.56. The number of nitrogens with zero attached hydrogens (tertiary/aromatic N) is 2. The number of carbonyl (C=O) groups is 1. The molecule has 0 bridgehead atoms. The van der Waals surface area contributed by atoms with E-state index >= 15 is 0 Å². The van der Waals surface area contributed by atoms with Crippen LogP contribution < -0.4 is 4.74 Å². The Balaban J connectivity index is 2.27. The molecule has 0 spiro atoms. The highest BCUT2D eigenvalue weighted by molar-refractivity contribution is 7.89. The number of carbonyl (C=O) groups excluding carboxylic acids is 1. The normalized spacial score (nSPS) is 20.6. The Bertz CT molecular complexity index is 612. The van der Waals surface area contributed by atoms with Gasteiger partial charge >= 0.3 is 0 Å². The van der Waals surface area contributed by atoms with Crippen molar-refractivity contribution in [1.29, 1.82) is 0 Å². The summed E-state index contributed by atoms with van der Waals surface area (Å²) in [6.45, 7) is 4.71. The van der Waals surface area contributed by atoms with Gasteiger partial charge in [-0.3, -0.25) is 4.79 Å². The Morgan fingerprint density at radius 1 is 1.24 bits per heavy atom. The average molecular weight is 312 g/mol. The molecule has 1 unspecified atom stereocenters.